The van der Waals surface area contributed by atoms with Gasteiger partial charge in [0.15, 0.2) is 0 Å². The summed E-state index contributed by atoms with van der Waals surface area (Å²) in [7, 11) is 1.34. The summed E-state index contributed by atoms with van der Waals surface area (Å²) in [6.07, 6.45) is 3.27. The molecule has 5 nitrogen and oxygen atoms in total. The number of nitrogens with zero attached hydrogens (tertiary/aromatic N) is 1. The van der Waals surface area contributed by atoms with Crippen molar-refractivity contribution in [3.8, 4) is 0 Å². The third kappa shape index (κ3) is 6.78. The Kier molecular flexibility index (Phi) is 8.62. The molecule has 28 heavy (non-hydrogen) atoms. The second-order valence-electron chi connectivity index (χ2n) is 6.73. The lowest BCUT2D eigenvalue weighted by Crippen LogP contribution is -2.18. The highest BCUT2D eigenvalue weighted by Gasteiger charge is 2.11. The molecule has 1 fully saturated rings. The number of halogens is 1. The van der Waals surface area contributed by atoms with Crippen LogP contribution in [-0.4, -0.2) is 37.5 Å². The summed E-state index contributed by atoms with van der Waals surface area (Å²) in [5, 5.41) is 2.63. The van der Waals surface area contributed by atoms with Gasteiger partial charge in [-0.1, -0.05) is 24.3 Å². The van der Waals surface area contributed by atoms with E-state index in [1.54, 1.807) is 24.3 Å². The second-order valence-corrected chi connectivity index (χ2v) is 6.73. The Morgan fingerprint density at radius 3 is 2.29 bits per heavy atom. The molecule has 2 aromatic rings. The summed E-state index contributed by atoms with van der Waals surface area (Å²) >= 11 is 0. The van der Waals surface area contributed by atoms with Crippen LogP contribution in [0.15, 0.2) is 48.5 Å². The van der Waals surface area contributed by atoms with Crippen LogP contribution >= 0.6 is 0 Å². The Morgan fingerprint density at radius 1 is 1.14 bits per heavy atom. The Hall–Kier alpha value is -2.73. The number of nitrogens with one attached hydrogen (secondary N) is 1. The molecule has 1 aliphatic rings. The first-order chi connectivity index (χ1) is 13.5. The van der Waals surface area contributed by atoms with Crippen LogP contribution in [0.25, 0.3) is 0 Å². The third-order valence-corrected chi connectivity index (χ3v) is 4.67. The fourth-order valence-electron chi connectivity index (χ4n) is 3.01. The van der Waals surface area contributed by atoms with E-state index in [1.807, 2.05) is 19.1 Å². The van der Waals surface area contributed by atoms with Crippen LogP contribution in [0.3, 0.4) is 0 Å². The average Bonchev–Trinajstić information content (AvgIpc) is 3.23. The van der Waals surface area contributed by atoms with E-state index in [-0.39, 0.29) is 17.8 Å². The second kappa shape index (κ2) is 11.2. The van der Waals surface area contributed by atoms with Gasteiger partial charge in [-0.05, 0) is 68.2 Å². The van der Waals surface area contributed by atoms with Gasteiger partial charge in [0.25, 0.3) is 0 Å². The quantitative estimate of drug-likeness (QED) is 0.608. The molecule has 1 atom stereocenters. The van der Waals surface area contributed by atoms with Gasteiger partial charge in [-0.15, -0.1) is 0 Å². The van der Waals surface area contributed by atoms with Crippen molar-refractivity contribution in [3.05, 3.63) is 71.0 Å². The van der Waals surface area contributed by atoms with Gasteiger partial charge in [-0.3, -0.25) is 9.69 Å². The number of methoxy groups -OCH3 is 1. The molecule has 3 rings (SSSR count). The van der Waals surface area contributed by atoms with Crippen molar-refractivity contribution >= 4 is 12.4 Å². The largest absolute Gasteiger partial charge is 0.465 e. The summed E-state index contributed by atoms with van der Waals surface area (Å²) in [4.78, 5) is 23.8. The molecule has 1 aliphatic heterocycles. The van der Waals surface area contributed by atoms with Crippen LogP contribution < -0.4 is 5.32 Å². The van der Waals surface area contributed by atoms with Gasteiger partial charge in [0, 0.05) is 6.54 Å². The lowest BCUT2D eigenvalue weighted by atomic mass is 10.1. The van der Waals surface area contributed by atoms with Gasteiger partial charge in [-0.2, -0.15) is 0 Å². The van der Waals surface area contributed by atoms with Crippen LogP contribution in [0.5, 0.6) is 0 Å². The van der Waals surface area contributed by atoms with Crippen LogP contribution in [-0.2, 0) is 16.1 Å². The van der Waals surface area contributed by atoms with E-state index >= 15 is 0 Å². The van der Waals surface area contributed by atoms with E-state index in [0.29, 0.717) is 12.0 Å². The van der Waals surface area contributed by atoms with Gasteiger partial charge in [0.1, 0.15) is 5.82 Å². The number of esters is 1. The highest BCUT2D eigenvalue weighted by Crippen LogP contribution is 2.14. The first kappa shape index (κ1) is 21.6. The molecular weight excluding hydrogens is 359 g/mol. The molecular formula is C22H27FN2O3. The van der Waals surface area contributed by atoms with Gasteiger partial charge in [0.2, 0.25) is 6.41 Å². The van der Waals surface area contributed by atoms with E-state index in [0.717, 1.165) is 12.1 Å². The first-order valence-corrected chi connectivity index (χ1v) is 9.38. The number of carbonyl (C=O) groups excluding carboxylic acids is 2. The highest BCUT2D eigenvalue weighted by molar-refractivity contribution is 5.89. The third-order valence-electron chi connectivity index (χ3n) is 4.67. The predicted molar refractivity (Wildman–Crippen MR) is 106 cm³/mol. The minimum absolute atomic E-state index is 0.0609. The molecule has 1 heterocycles. The summed E-state index contributed by atoms with van der Waals surface area (Å²) in [6.45, 7) is 5.22. The zero-order chi connectivity index (χ0) is 20.4. The highest BCUT2D eigenvalue weighted by atomic mass is 19.1. The van der Waals surface area contributed by atoms with Crippen molar-refractivity contribution in [3.63, 3.8) is 0 Å². The molecule has 1 unspecified atom stereocenters. The average molecular weight is 386 g/mol. The van der Waals surface area contributed by atoms with Crippen molar-refractivity contribution in [2.24, 2.45) is 0 Å². The fraction of sp³-hybridized carbons (Fsp3) is 0.364. The minimum Gasteiger partial charge on any atom is -0.465 e. The minimum atomic E-state index is -0.363. The maximum atomic E-state index is 12.6. The van der Waals surface area contributed by atoms with E-state index in [1.165, 1.54) is 50.7 Å². The molecule has 0 radical (unpaired) electrons. The summed E-state index contributed by atoms with van der Waals surface area (Å²) in [6, 6.07) is 13.7. The Bertz CT molecular complexity index is 741. The normalized spacial score (nSPS) is 14.5. The Labute approximate surface area is 165 Å². The zero-order valence-electron chi connectivity index (χ0n) is 16.4. The molecule has 0 aliphatic carbocycles. The fourth-order valence-corrected chi connectivity index (χ4v) is 3.01. The predicted octanol–water partition coefficient (Wildman–Crippen LogP) is 3.70. The molecule has 1 amide bonds. The lowest BCUT2D eigenvalue weighted by Gasteiger charge is -2.13. The van der Waals surface area contributed by atoms with Crippen molar-refractivity contribution in [1.29, 1.82) is 0 Å². The zero-order valence-corrected chi connectivity index (χ0v) is 16.4. The first-order valence-electron chi connectivity index (χ1n) is 9.38. The van der Waals surface area contributed by atoms with E-state index in [2.05, 4.69) is 15.0 Å². The molecule has 0 saturated carbocycles. The number of hydrogen-bond donors (Lipinski definition) is 1. The van der Waals surface area contributed by atoms with Gasteiger partial charge < -0.3 is 10.1 Å². The Morgan fingerprint density at radius 2 is 1.75 bits per heavy atom. The van der Waals surface area contributed by atoms with Crippen LogP contribution in [0.2, 0.25) is 0 Å². The van der Waals surface area contributed by atoms with Crippen LogP contribution in [0.4, 0.5) is 4.39 Å². The van der Waals surface area contributed by atoms with Gasteiger partial charge >= 0.3 is 5.97 Å². The number of carbonyl (C=O) groups is 2. The molecule has 6 heteroatoms. The standard InChI is InChI=1S/C11H14FN.C11H13NO3/c12-11-5-3-10(4-6-11)9-13-7-1-2-8-13;1-8(12-7-13)9-3-5-10(6-4-9)11(14)15-2/h3-6H,1-2,7-9H2;3-8H,1-2H3,(H,12,13). The SMILES string of the molecule is COC(=O)c1ccc(C(C)NC=O)cc1.Fc1ccc(CN2CCCC2)cc1. The van der Waals surface area contributed by atoms with Crippen molar-refractivity contribution in [1.82, 2.24) is 10.2 Å². The number of likely N-dealkylation sites (tertiary alicyclic amines) is 1. The molecule has 0 aromatic heterocycles. The van der Waals surface area contributed by atoms with Gasteiger partial charge in [-0.25, -0.2) is 9.18 Å². The number of amides is 1. The van der Waals surface area contributed by atoms with E-state index < -0.39 is 0 Å². The molecule has 1 saturated heterocycles. The molecule has 2 aromatic carbocycles. The molecule has 0 bridgehead atoms. The van der Waals surface area contributed by atoms with E-state index in [9.17, 15) is 14.0 Å². The van der Waals surface area contributed by atoms with E-state index in [4.69, 9.17) is 0 Å². The van der Waals surface area contributed by atoms with Crippen LogP contribution in [0.1, 0.15) is 47.3 Å². The monoisotopic (exact) mass is 386 g/mol. The lowest BCUT2D eigenvalue weighted by molar-refractivity contribution is -0.110. The topological polar surface area (TPSA) is 58.6 Å². The maximum absolute atomic E-state index is 12.6. The molecule has 1 N–H and O–H groups in total. The number of ether oxygens (including phenoxy) is 1. The number of hydrogen-bond acceptors (Lipinski definition) is 4. The summed E-state index contributed by atoms with van der Waals surface area (Å²) in [5.74, 6) is -0.511. The van der Waals surface area contributed by atoms with Crippen molar-refractivity contribution in [2.75, 3.05) is 20.2 Å². The summed E-state index contributed by atoms with van der Waals surface area (Å²) < 4.78 is 17.2. The number of rotatable bonds is 6. The molecule has 0 spiro atoms. The van der Waals surface area contributed by atoms with Crippen molar-refractivity contribution < 1.29 is 18.7 Å². The van der Waals surface area contributed by atoms with Crippen LogP contribution in [0, 0.1) is 5.82 Å². The number of benzene rings is 2. The van der Waals surface area contributed by atoms with Gasteiger partial charge in [0.05, 0.1) is 18.7 Å². The smallest absolute Gasteiger partial charge is 0.337 e. The maximum Gasteiger partial charge on any atom is 0.337 e. The summed E-state index contributed by atoms with van der Waals surface area (Å²) in [5.41, 5.74) is 2.65. The van der Waals surface area contributed by atoms with Crippen molar-refractivity contribution in [2.45, 2.75) is 32.4 Å². The molecule has 150 valence electrons. The Balaban J connectivity index is 0.000000202.